The smallest absolute Gasteiger partial charge is 0.125 e. The van der Waals surface area contributed by atoms with Gasteiger partial charge in [0.1, 0.15) is 5.82 Å². The maximum absolute atomic E-state index is 9.94. The monoisotopic (exact) mass is 576 g/mol. The second-order valence-corrected chi connectivity index (χ2v) is 11.1. The summed E-state index contributed by atoms with van der Waals surface area (Å²) < 4.78 is 0. The predicted octanol–water partition coefficient (Wildman–Crippen LogP) is 5.22. The first kappa shape index (κ1) is 30.6. The Balaban J connectivity index is 1.19. The minimum Gasteiger partial charge on any atom is -0.396 e. The normalized spacial score (nSPS) is 14.4. The second-order valence-electron chi connectivity index (χ2n) is 11.1. The maximum atomic E-state index is 9.94. The van der Waals surface area contributed by atoms with E-state index in [0.717, 1.165) is 63.7 Å². The number of aliphatic hydroxyl groups excluding tert-OH is 1. The zero-order valence-corrected chi connectivity index (χ0v) is 25.0. The van der Waals surface area contributed by atoms with Crippen molar-refractivity contribution in [2.24, 2.45) is 0 Å². The standard InChI is InChI=1S/C36H44N6O/c43-25-18-35(27-40-36-11-5-7-20-39-36)42(24-21-37-26-34-10-4-6-19-38-34)29-31-14-12-30(13-15-31)28-41-22-16-33(17-23-41)32-8-2-1-3-9-32/h1-16,19-20,35,37,43H,17-18,21-29H2,(H,39,40). The zero-order valence-electron chi connectivity index (χ0n) is 25.0. The Morgan fingerprint density at radius 3 is 2.33 bits per heavy atom. The van der Waals surface area contributed by atoms with Gasteiger partial charge in [0.15, 0.2) is 0 Å². The Labute approximate surface area is 256 Å². The van der Waals surface area contributed by atoms with Gasteiger partial charge in [-0.1, -0.05) is 72.8 Å². The molecule has 1 aliphatic heterocycles. The molecular weight excluding hydrogens is 532 g/mol. The third-order valence-electron chi connectivity index (χ3n) is 8.02. The van der Waals surface area contributed by atoms with E-state index >= 15 is 0 Å². The van der Waals surface area contributed by atoms with Gasteiger partial charge in [-0.25, -0.2) is 4.98 Å². The van der Waals surface area contributed by atoms with Crippen molar-refractivity contribution in [3.05, 3.63) is 132 Å². The molecule has 0 spiro atoms. The van der Waals surface area contributed by atoms with Crippen LogP contribution in [0.5, 0.6) is 0 Å². The molecule has 1 unspecified atom stereocenters. The minimum atomic E-state index is 0.141. The van der Waals surface area contributed by atoms with Gasteiger partial charge in [-0.05, 0) is 59.4 Å². The van der Waals surface area contributed by atoms with E-state index in [1.54, 1.807) is 6.20 Å². The van der Waals surface area contributed by atoms with E-state index < -0.39 is 0 Å². The van der Waals surface area contributed by atoms with Crippen LogP contribution in [0.15, 0.2) is 109 Å². The van der Waals surface area contributed by atoms with Crippen molar-refractivity contribution in [2.75, 3.05) is 44.6 Å². The molecular formula is C36H44N6O. The lowest BCUT2D eigenvalue weighted by molar-refractivity contribution is 0.156. The molecule has 43 heavy (non-hydrogen) atoms. The van der Waals surface area contributed by atoms with Crippen LogP contribution in [0.2, 0.25) is 0 Å². The van der Waals surface area contributed by atoms with E-state index in [0.29, 0.717) is 13.0 Å². The molecule has 0 saturated heterocycles. The fourth-order valence-corrected chi connectivity index (χ4v) is 5.60. The number of anilines is 1. The van der Waals surface area contributed by atoms with Crippen molar-refractivity contribution in [3.8, 4) is 0 Å². The first-order valence-corrected chi connectivity index (χ1v) is 15.4. The summed E-state index contributed by atoms with van der Waals surface area (Å²) in [6.45, 7) is 7.10. The summed E-state index contributed by atoms with van der Waals surface area (Å²) in [5.41, 5.74) is 6.45. The Hall–Kier alpha value is -3.88. The van der Waals surface area contributed by atoms with Gasteiger partial charge < -0.3 is 15.7 Å². The summed E-state index contributed by atoms with van der Waals surface area (Å²) in [4.78, 5) is 13.8. The first-order valence-electron chi connectivity index (χ1n) is 15.4. The van der Waals surface area contributed by atoms with E-state index in [4.69, 9.17) is 0 Å². The van der Waals surface area contributed by atoms with Gasteiger partial charge in [-0.3, -0.25) is 14.8 Å². The molecule has 7 heteroatoms. The number of aromatic nitrogens is 2. The van der Waals surface area contributed by atoms with Crippen LogP contribution in [0.3, 0.4) is 0 Å². The van der Waals surface area contributed by atoms with E-state index in [1.807, 2.05) is 42.6 Å². The van der Waals surface area contributed by atoms with Crippen molar-refractivity contribution in [3.63, 3.8) is 0 Å². The molecule has 224 valence electrons. The van der Waals surface area contributed by atoms with Gasteiger partial charge in [0.05, 0.1) is 5.69 Å². The Morgan fingerprint density at radius 1 is 0.860 bits per heavy atom. The quantitative estimate of drug-likeness (QED) is 0.158. The molecule has 0 amide bonds. The number of rotatable bonds is 16. The molecule has 2 aromatic carbocycles. The lowest BCUT2D eigenvalue weighted by Crippen LogP contribution is -2.43. The lowest BCUT2D eigenvalue weighted by Gasteiger charge is -2.32. The van der Waals surface area contributed by atoms with Crippen LogP contribution >= 0.6 is 0 Å². The molecule has 0 aliphatic carbocycles. The van der Waals surface area contributed by atoms with Crippen LogP contribution in [0.4, 0.5) is 5.82 Å². The van der Waals surface area contributed by atoms with Crippen LogP contribution in [0, 0.1) is 0 Å². The molecule has 0 saturated carbocycles. The van der Waals surface area contributed by atoms with Crippen molar-refractivity contribution in [2.45, 2.75) is 38.5 Å². The third kappa shape index (κ3) is 9.83. The molecule has 0 radical (unpaired) electrons. The highest BCUT2D eigenvalue weighted by molar-refractivity contribution is 5.66. The largest absolute Gasteiger partial charge is 0.396 e. The van der Waals surface area contributed by atoms with E-state index in [9.17, 15) is 5.11 Å². The number of hydrogen-bond acceptors (Lipinski definition) is 7. The average Bonchev–Trinajstić information content (AvgIpc) is 3.07. The second kappa shape index (κ2) is 16.7. The molecule has 1 atom stereocenters. The molecule has 7 nitrogen and oxygen atoms in total. The summed E-state index contributed by atoms with van der Waals surface area (Å²) in [7, 11) is 0. The molecule has 0 bridgehead atoms. The summed E-state index contributed by atoms with van der Waals surface area (Å²) in [5, 5.41) is 17.0. The Kier molecular flexibility index (Phi) is 11.9. The SMILES string of the molecule is OCCC(CNc1ccccn1)N(CCNCc1ccccn1)Cc1ccc(CN2CC=C(c3ccccc3)CC2)cc1. The van der Waals surface area contributed by atoms with Gasteiger partial charge in [-0.15, -0.1) is 0 Å². The van der Waals surface area contributed by atoms with Crippen molar-refractivity contribution >= 4 is 11.4 Å². The number of aliphatic hydroxyl groups is 1. The van der Waals surface area contributed by atoms with Crippen LogP contribution < -0.4 is 10.6 Å². The minimum absolute atomic E-state index is 0.141. The predicted molar refractivity (Wildman–Crippen MR) is 175 cm³/mol. The molecule has 3 N–H and O–H groups in total. The summed E-state index contributed by atoms with van der Waals surface area (Å²) >= 11 is 0. The van der Waals surface area contributed by atoms with Crippen molar-refractivity contribution in [1.29, 1.82) is 0 Å². The third-order valence-corrected chi connectivity index (χ3v) is 8.02. The first-order chi connectivity index (χ1) is 21.3. The maximum Gasteiger partial charge on any atom is 0.125 e. The summed E-state index contributed by atoms with van der Waals surface area (Å²) in [5.74, 6) is 0.853. The van der Waals surface area contributed by atoms with E-state index in [1.165, 1.54) is 22.3 Å². The van der Waals surface area contributed by atoms with Gasteiger partial charge in [-0.2, -0.15) is 0 Å². The number of hydrogen-bond donors (Lipinski definition) is 3. The molecule has 4 aromatic rings. The molecule has 5 rings (SSSR count). The van der Waals surface area contributed by atoms with Crippen LogP contribution in [0.25, 0.3) is 5.57 Å². The average molecular weight is 577 g/mol. The van der Waals surface area contributed by atoms with Gasteiger partial charge >= 0.3 is 0 Å². The zero-order chi connectivity index (χ0) is 29.5. The van der Waals surface area contributed by atoms with E-state index in [-0.39, 0.29) is 12.6 Å². The van der Waals surface area contributed by atoms with Gasteiger partial charge in [0, 0.05) is 77.4 Å². The van der Waals surface area contributed by atoms with Crippen LogP contribution in [-0.2, 0) is 19.6 Å². The highest BCUT2D eigenvalue weighted by Gasteiger charge is 2.19. The number of nitrogens with zero attached hydrogens (tertiary/aromatic N) is 4. The van der Waals surface area contributed by atoms with Crippen molar-refractivity contribution in [1.82, 2.24) is 25.1 Å². The van der Waals surface area contributed by atoms with Gasteiger partial charge in [0.2, 0.25) is 0 Å². The van der Waals surface area contributed by atoms with Gasteiger partial charge in [0.25, 0.3) is 0 Å². The molecule has 1 aliphatic rings. The fraction of sp³-hybridized carbons (Fsp3) is 0.333. The summed E-state index contributed by atoms with van der Waals surface area (Å²) in [6.07, 6.45) is 7.78. The molecule has 3 heterocycles. The fourth-order valence-electron chi connectivity index (χ4n) is 5.60. The van der Waals surface area contributed by atoms with Crippen molar-refractivity contribution < 1.29 is 5.11 Å². The number of pyridine rings is 2. The number of benzene rings is 2. The van der Waals surface area contributed by atoms with Crippen LogP contribution in [0.1, 0.15) is 35.2 Å². The summed E-state index contributed by atoms with van der Waals surface area (Å²) in [6, 6.07) is 31.9. The van der Waals surface area contributed by atoms with Crippen LogP contribution in [-0.4, -0.2) is 70.2 Å². The molecule has 2 aromatic heterocycles. The lowest BCUT2D eigenvalue weighted by atomic mass is 9.99. The molecule has 0 fully saturated rings. The highest BCUT2D eigenvalue weighted by atomic mass is 16.3. The highest BCUT2D eigenvalue weighted by Crippen LogP contribution is 2.23. The van der Waals surface area contributed by atoms with E-state index in [2.05, 4.69) is 91.1 Å². The topological polar surface area (TPSA) is 76.5 Å². The number of nitrogens with one attached hydrogen (secondary N) is 2. The Bertz CT molecular complexity index is 1370. The Morgan fingerprint density at radius 2 is 1.63 bits per heavy atom.